The predicted molar refractivity (Wildman–Crippen MR) is 134 cm³/mol. The van der Waals surface area contributed by atoms with E-state index in [0.29, 0.717) is 0 Å². The number of fused-ring (bicyclic) bond motifs is 1. The number of hydrogen-bond donors (Lipinski definition) is 0. The van der Waals surface area contributed by atoms with E-state index in [9.17, 15) is 28.8 Å². The molecular weight excluding hydrogens is 564 g/mol. The van der Waals surface area contributed by atoms with Gasteiger partial charge in [0.1, 0.15) is 24.4 Å². The third kappa shape index (κ3) is 7.97. The van der Waals surface area contributed by atoms with E-state index in [2.05, 4.69) is 0 Å². The first-order valence-corrected chi connectivity index (χ1v) is 13.3. The highest BCUT2D eigenvalue weighted by molar-refractivity contribution is 5.69. The van der Waals surface area contributed by atoms with Crippen LogP contribution in [0.4, 0.5) is 0 Å². The van der Waals surface area contributed by atoms with Crippen LogP contribution in [-0.2, 0) is 71.4 Å². The molecule has 0 amide bonds. The summed E-state index contributed by atoms with van der Waals surface area (Å²) in [5.41, 5.74) is -1.25. The Morgan fingerprint density at radius 2 is 1.31 bits per heavy atom. The summed E-state index contributed by atoms with van der Waals surface area (Å²) in [6.07, 6.45) is -5.96. The van der Waals surface area contributed by atoms with Crippen molar-refractivity contribution in [2.24, 2.45) is 11.8 Å². The maximum absolute atomic E-state index is 12.2. The Bertz CT molecular complexity index is 1100. The molecule has 42 heavy (non-hydrogen) atoms. The average Bonchev–Trinajstić information content (AvgIpc) is 3.11. The van der Waals surface area contributed by atoms with E-state index >= 15 is 0 Å². The standard InChI is InChI=1S/C27H36O15/c1-12(28)35-11-20-22(37-14(3)30)23(38-15(4)31)24(39-16(5)32)26(40-20)41-25-21-18(8-9-34-25)19(36-13(2)29)10-27(21,7)42-17(6)33/h8-9,18-26H,10-11H2,1-7H3/t18?,19?,20-,21?,22-,23+,24-,25?,26+,27?/m1/s1. The SMILES string of the molecule is CC(=O)OC[C@H]1O[C@@H](OC2OC=CC3C(OC(C)=O)CC(C)(OC(C)=O)C23)[C@H](OC(C)=O)[C@@H](OC(C)=O)[C@@H]1OC(C)=O. The monoisotopic (exact) mass is 600 g/mol. The fourth-order valence-electron chi connectivity index (χ4n) is 5.64. The van der Waals surface area contributed by atoms with Crippen molar-refractivity contribution >= 4 is 35.8 Å². The van der Waals surface area contributed by atoms with E-state index in [4.69, 9.17) is 42.6 Å². The van der Waals surface area contributed by atoms with E-state index in [1.165, 1.54) is 20.1 Å². The molecule has 0 radical (unpaired) electrons. The molecule has 10 atom stereocenters. The van der Waals surface area contributed by atoms with E-state index in [-0.39, 0.29) is 6.42 Å². The molecule has 2 fully saturated rings. The summed E-state index contributed by atoms with van der Waals surface area (Å²) < 4.78 is 50.6. The van der Waals surface area contributed by atoms with Crippen LogP contribution in [0.5, 0.6) is 0 Å². The van der Waals surface area contributed by atoms with Crippen molar-refractivity contribution in [2.45, 2.75) is 104 Å². The van der Waals surface area contributed by atoms with Gasteiger partial charge in [-0.05, 0) is 13.0 Å². The Kier molecular flexibility index (Phi) is 10.5. The molecule has 5 unspecified atom stereocenters. The van der Waals surface area contributed by atoms with Crippen molar-refractivity contribution in [1.82, 2.24) is 0 Å². The van der Waals surface area contributed by atoms with Gasteiger partial charge < -0.3 is 42.6 Å². The van der Waals surface area contributed by atoms with Gasteiger partial charge in [0.2, 0.25) is 12.6 Å². The van der Waals surface area contributed by atoms with Crippen molar-refractivity contribution in [1.29, 1.82) is 0 Å². The molecule has 0 N–H and O–H groups in total. The van der Waals surface area contributed by atoms with Gasteiger partial charge in [-0.25, -0.2) is 0 Å². The smallest absolute Gasteiger partial charge is 0.303 e. The molecule has 0 aromatic rings. The Morgan fingerprint density at radius 3 is 1.86 bits per heavy atom. The van der Waals surface area contributed by atoms with Crippen LogP contribution < -0.4 is 0 Å². The van der Waals surface area contributed by atoms with E-state index in [1.807, 2.05) is 0 Å². The molecule has 0 aromatic heterocycles. The summed E-state index contributed by atoms with van der Waals surface area (Å²) in [6.45, 7) is 8.13. The number of carbonyl (C=O) groups is 6. The average molecular weight is 601 g/mol. The molecule has 0 aromatic carbocycles. The lowest BCUT2D eigenvalue weighted by molar-refractivity contribution is -0.348. The van der Waals surface area contributed by atoms with Crippen LogP contribution in [0.1, 0.15) is 54.9 Å². The van der Waals surface area contributed by atoms with Gasteiger partial charge in [-0.15, -0.1) is 0 Å². The van der Waals surface area contributed by atoms with Crippen LogP contribution in [0, 0.1) is 11.8 Å². The van der Waals surface area contributed by atoms with Crippen LogP contribution >= 0.6 is 0 Å². The molecule has 2 aliphatic heterocycles. The number of esters is 6. The molecule has 2 heterocycles. The fourth-order valence-corrected chi connectivity index (χ4v) is 5.64. The zero-order valence-electron chi connectivity index (χ0n) is 24.4. The van der Waals surface area contributed by atoms with Gasteiger partial charge in [0.05, 0.1) is 12.2 Å². The normalized spacial score (nSPS) is 35.1. The summed E-state index contributed by atoms with van der Waals surface area (Å²) in [5, 5.41) is 0. The number of rotatable bonds is 9. The van der Waals surface area contributed by atoms with Gasteiger partial charge in [0.15, 0.2) is 18.3 Å². The lowest BCUT2D eigenvalue weighted by Gasteiger charge is -2.46. The van der Waals surface area contributed by atoms with E-state index in [0.717, 1.165) is 27.7 Å². The van der Waals surface area contributed by atoms with Gasteiger partial charge in [0, 0.05) is 53.9 Å². The predicted octanol–water partition coefficient (Wildman–Crippen LogP) is 0.846. The Hall–Kier alpha value is -3.72. The van der Waals surface area contributed by atoms with Crippen molar-refractivity contribution in [3.05, 3.63) is 12.3 Å². The van der Waals surface area contributed by atoms with E-state index < -0.39 is 103 Å². The lowest BCUT2D eigenvalue weighted by Crippen LogP contribution is -2.64. The van der Waals surface area contributed by atoms with Gasteiger partial charge in [0.25, 0.3) is 0 Å². The van der Waals surface area contributed by atoms with Gasteiger partial charge >= 0.3 is 35.8 Å². The quantitative estimate of drug-likeness (QED) is 0.268. The van der Waals surface area contributed by atoms with Crippen molar-refractivity contribution < 1.29 is 71.4 Å². The second kappa shape index (κ2) is 13.5. The number of hydrogen-bond acceptors (Lipinski definition) is 15. The molecule has 0 spiro atoms. The fraction of sp³-hybridized carbons (Fsp3) is 0.704. The van der Waals surface area contributed by atoms with Crippen molar-refractivity contribution in [2.75, 3.05) is 6.61 Å². The zero-order valence-corrected chi connectivity index (χ0v) is 24.4. The first kappa shape index (κ1) is 32.8. The molecule has 1 aliphatic carbocycles. The first-order valence-electron chi connectivity index (χ1n) is 13.3. The molecule has 234 valence electrons. The molecule has 15 nitrogen and oxygen atoms in total. The highest BCUT2D eigenvalue weighted by atomic mass is 16.8. The van der Waals surface area contributed by atoms with Crippen LogP contribution in [0.2, 0.25) is 0 Å². The maximum atomic E-state index is 12.2. The van der Waals surface area contributed by atoms with Crippen LogP contribution in [0.15, 0.2) is 12.3 Å². The molecular formula is C27H36O15. The van der Waals surface area contributed by atoms with Gasteiger partial charge in [-0.1, -0.05) is 0 Å². The summed E-state index contributed by atoms with van der Waals surface area (Å²) in [7, 11) is 0. The summed E-state index contributed by atoms with van der Waals surface area (Å²) in [6, 6.07) is 0. The Morgan fingerprint density at radius 1 is 0.738 bits per heavy atom. The van der Waals surface area contributed by atoms with Crippen molar-refractivity contribution in [3.63, 3.8) is 0 Å². The third-order valence-corrected chi connectivity index (χ3v) is 6.87. The largest absolute Gasteiger partial charge is 0.472 e. The minimum absolute atomic E-state index is 0.119. The topological polar surface area (TPSA) is 185 Å². The van der Waals surface area contributed by atoms with Crippen LogP contribution in [0.3, 0.4) is 0 Å². The molecule has 1 saturated heterocycles. The Labute approximate surface area is 242 Å². The van der Waals surface area contributed by atoms with Gasteiger partial charge in [-0.3, -0.25) is 28.8 Å². The minimum Gasteiger partial charge on any atom is -0.472 e. The second-order valence-corrected chi connectivity index (χ2v) is 10.4. The summed E-state index contributed by atoms with van der Waals surface area (Å²) in [4.78, 5) is 71.8. The highest BCUT2D eigenvalue weighted by Gasteiger charge is 2.61. The number of ether oxygens (including phenoxy) is 9. The van der Waals surface area contributed by atoms with Gasteiger partial charge in [-0.2, -0.15) is 0 Å². The molecule has 15 heteroatoms. The molecule has 3 rings (SSSR count). The minimum atomic E-state index is -1.54. The molecule has 0 bridgehead atoms. The Balaban J connectivity index is 2.03. The first-order chi connectivity index (χ1) is 19.6. The summed E-state index contributed by atoms with van der Waals surface area (Å²) in [5.74, 6) is -5.49. The van der Waals surface area contributed by atoms with Crippen LogP contribution in [0.25, 0.3) is 0 Å². The molecule has 1 saturated carbocycles. The van der Waals surface area contributed by atoms with Crippen LogP contribution in [-0.4, -0.2) is 91.1 Å². The molecule has 3 aliphatic rings. The third-order valence-electron chi connectivity index (χ3n) is 6.87. The highest BCUT2D eigenvalue weighted by Crippen LogP contribution is 2.50. The lowest BCUT2D eigenvalue weighted by atomic mass is 9.84. The van der Waals surface area contributed by atoms with Crippen molar-refractivity contribution in [3.8, 4) is 0 Å². The maximum Gasteiger partial charge on any atom is 0.303 e. The zero-order chi connectivity index (χ0) is 31.4. The second-order valence-electron chi connectivity index (χ2n) is 10.4. The summed E-state index contributed by atoms with van der Waals surface area (Å²) >= 11 is 0. The van der Waals surface area contributed by atoms with E-state index in [1.54, 1.807) is 13.0 Å². The number of carbonyl (C=O) groups excluding carboxylic acids is 6.